The Morgan fingerprint density at radius 1 is 0.875 bits per heavy atom. The number of nitrogens with zero attached hydrogens (tertiary/aromatic N) is 5. The van der Waals surface area contributed by atoms with Gasteiger partial charge in [-0.25, -0.2) is 15.0 Å². The van der Waals surface area contributed by atoms with Crippen molar-refractivity contribution in [2.45, 2.75) is 45.1 Å². The summed E-state index contributed by atoms with van der Waals surface area (Å²) in [5.74, 6) is 2.14. The number of anilines is 2. The van der Waals surface area contributed by atoms with Crippen molar-refractivity contribution in [3.63, 3.8) is 0 Å². The quantitative estimate of drug-likeness (QED) is 0.687. The van der Waals surface area contributed by atoms with Crippen LogP contribution in [0.15, 0.2) is 30.6 Å². The number of benzene rings is 1. The van der Waals surface area contributed by atoms with E-state index in [1.807, 2.05) is 0 Å². The van der Waals surface area contributed by atoms with Crippen LogP contribution in [0.4, 0.5) is 11.5 Å². The minimum atomic E-state index is 0.964. The average molecular weight is 319 g/mol. The maximum atomic E-state index is 4.96. The maximum absolute atomic E-state index is 4.96. The first kappa shape index (κ1) is 14.0. The third-order valence-electron chi connectivity index (χ3n) is 5.24. The molecule has 0 amide bonds. The first-order valence-electron chi connectivity index (χ1n) is 8.97. The molecule has 0 unspecified atom stereocenters. The molecule has 2 aliphatic heterocycles. The topological polar surface area (TPSA) is 46.8 Å². The number of hydrogen-bond acceptors (Lipinski definition) is 4. The van der Waals surface area contributed by atoms with E-state index in [9.17, 15) is 0 Å². The highest BCUT2D eigenvalue weighted by molar-refractivity contribution is 5.87. The monoisotopic (exact) mass is 319 g/mol. The van der Waals surface area contributed by atoms with Gasteiger partial charge in [-0.3, -0.25) is 0 Å². The largest absolute Gasteiger partial charge is 0.324 e. The Balaban J connectivity index is 1.69. The van der Waals surface area contributed by atoms with Crippen LogP contribution in [-0.2, 0) is 19.4 Å². The van der Waals surface area contributed by atoms with Crippen molar-refractivity contribution in [2.24, 2.45) is 0 Å². The standard InChI is InChI=1S/C19H21N5/c1-2-10-16-22-17-18(20-13-21-19(17)24(16)11-5-1)23-12-6-8-14-7-3-4-9-15(14)23/h3-4,7,9,13H,1-2,5-6,8,10-12H2. The second kappa shape index (κ2) is 5.58. The predicted octanol–water partition coefficient (Wildman–Crippen LogP) is 3.64. The number of para-hydroxylation sites is 1. The second-order valence-corrected chi connectivity index (χ2v) is 6.74. The van der Waals surface area contributed by atoms with Crippen LogP contribution in [0.3, 0.4) is 0 Å². The first-order chi connectivity index (χ1) is 11.9. The normalized spacial score (nSPS) is 17.4. The highest BCUT2D eigenvalue weighted by Crippen LogP contribution is 2.35. The van der Waals surface area contributed by atoms with Crippen LogP contribution in [0.5, 0.6) is 0 Å². The summed E-state index contributed by atoms with van der Waals surface area (Å²) in [4.78, 5) is 16.5. The molecule has 5 nitrogen and oxygen atoms in total. The molecule has 2 aromatic heterocycles. The number of fused-ring (bicyclic) bond motifs is 4. The lowest BCUT2D eigenvalue weighted by Gasteiger charge is -2.30. The molecule has 0 radical (unpaired) electrons. The molecule has 2 aliphatic rings. The lowest BCUT2D eigenvalue weighted by atomic mass is 10.0. The van der Waals surface area contributed by atoms with E-state index in [0.29, 0.717) is 0 Å². The van der Waals surface area contributed by atoms with Crippen LogP contribution in [0.25, 0.3) is 11.2 Å². The lowest BCUT2D eigenvalue weighted by molar-refractivity contribution is 0.643. The van der Waals surface area contributed by atoms with E-state index in [-0.39, 0.29) is 0 Å². The van der Waals surface area contributed by atoms with Crippen LogP contribution in [0.1, 0.15) is 37.1 Å². The predicted molar refractivity (Wildman–Crippen MR) is 94.6 cm³/mol. The smallest absolute Gasteiger partial charge is 0.165 e. The van der Waals surface area contributed by atoms with E-state index < -0.39 is 0 Å². The summed E-state index contributed by atoms with van der Waals surface area (Å²) >= 11 is 0. The molecule has 5 rings (SSSR count). The Labute approximate surface area is 141 Å². The van der Waals surface area contributed by atoms with E-state index in [2.05, 4.69) is 43.7 Å². The van der Waals surface area contributed by atoms with Crippen LogP contribution >= 0.6 is 0 Å². The number of aryl methyl sites for hydroxylation is 3. The third kappa shape index (κ3) is 2.11. The van der Waals surface area contributed by atoms with Crippen LogP contribution in [0, 0.1) is 0 Å². The van der Waals surface area contributed by atoms with Gasteiger partial charge in [0.05, 0.1) is 0 Å². The van der Waals surface area contributed by atoms with Gasteiger partial charge in [-0.1, -0.05) is 24.6 Å². The highest BCUT2D eigenvalue weighted by atomic mass is 15.2. The number of rotatable bonds is 1. The van der Waals surface area contributed by atoms with Gasteiger partial charge in [-0.15, -0.1) is 0 Å². The summed E-state index contributed by atoms with van der Waals surface area (Å²) in [5.41, 5.74) is 4.63. The Kier molecular flexibility index (Phi) is 3.25. The Hall–Kier alpha value is -2.43. The zero-order valence-corrected chi connectivity index (χ0v) is 13.8. The molecule has 0 atom stereocenters. The zero-order chi connectivity index (χ0) is 15.9. The molecule has 0 spiro atoms. The molecule has 4 heterocycles. The van der Waals surface area contributed by atoms with Gasteiger partial charge in [0.1, 0.15) is 12.2 Å². The number of hydrogen-bond donors (Lipinski definition) is 0. The van der Waals surface area contributed by atoms with Gasteiger partial charge in [0.15, 0.2) is 17.0 Å². The van der Waals surface area contributed by atoms with Crippen LogP contribution in [-0.4, -0.2) is 26.1 Å². The molecule has 0 aliphatic carbocycles. The average Bonchev–Trinajstić information content (AvgIpc) is 2.83. The number of imidazole rings is 1. The minimum Gasteiger partial charge on any atom is -0.324 e. The van der Waals surface area contributed by atoms with Crippen LogP contribution < -0.4 is 4.90 Å². The summed E-state index contributed by atoms with van der Waals surface area (Å²) in [5, 5.41) is 0. The van der Waals surface area contributed by atoms with Crippen molar-refractivity contribution < 1.29 is 0 Å². The van der Waals surface area contributed by atoms with Gasteiger partial charge in [-0.05, 0) is 37.3 Å². The molecule has 5 heteroatoms. The summed E-state index contributed by atoms with van der Waals surface area (Å²) in [6.07, 6.45) is 8.75. The van der Waals surface area contributed by atoms with Gasteiger partial charge in [0.2, 0.25) is 0 Å². The van der Waals surface area contributed by atoms with Crippen LogP contribution in [0.2, 0.25) is 0 Å². The molecular formula is C19H21N5. The SMILES string of the molecule is c1ccc2c(c1)CCCN2c1ncnc2c1nc1n2CCCCC1. The molecule has 3 aromatic rings. The van der Waals surface area contributed by atoms with Crippen molar-refractivity contribution in [3.05, 3.63) is 42.0 Å². The van der Waals surface area contributed by atoms with Gasteiger partial charge in [-0.2, -0.15) is 0 Å². The second-order valence-electron chi connectivity index (χ2n) is 6.74. The van der Waals surface area contributed by atoms with Crippen molar-refractivity contribution >= 4 is 22.7 Å². The summed E-state index contributed by atoms with van der Waals surface area (Å²) in [6, 6.07) is 8.65. The zero-order valence-electron chi connectivity index (χ0n) is 13.8. The van der Waals surface area contributed by atoms with E-state index in [0.717, 1.165) is 49.3 Å². The third-order valence-corrected chi connectivity index (χ3v) is 5.24. The molecule has 0 saturated heterocycles. The van der Waals surface area contributed by atoms with Crippen molar-refractivity contribution in [1.82, 2.24) is 19.5 Å². The summed E-state index contributed by atoms with van der Waals surface area (Å²) in [6.45, 7) is 2.02. The fourth-order valence-corrected chi connectivity index (χ4v) is 4.08. The first-order valence-corrected chi connectivity index (χ1v) is 8.97. The van der Waals surface area contributed by atoms with E-state index in [1.165, 1.54) is 36.3 Å². The molecule has 24 heavy (non-hydrogen) atoms. The van der Waals surface area contributed by atoms with E-state index in [4.69, 9.17) is 4.98 Å². The molecule has 0 saturated carbocycles. The maximum Gasteiger partial charge on any atom is 0.165 e. The summed E-state index contributed by atoms with van der Waals surface area (Å²) < 4.78 is 2.31. The fourth-order valence-electron chi connectivity index (χ4n) is 4.08. The fraction of sp³-hybridized carbons (Fsp3) is 0.421. The molecular weight excluding hydrogens is 298 g/mol. The van der Waals surface area contributed by atoms with Gasteiger partial charge >= 0.3 is 0 Å². The van der Waals surface area contributed by atoms with E-state index >= 15 is 0 Å². The minimum absolute atomic E-state index is 0.964. The van der Waals surface area contributed by atoms with Gasteiger partial charge < -0.3 is 9.47 Å². The molecule has 0 fully saturated rings. The Morgan fingerprint density at radius 2 is 1.83 bits per heavy atom. The van der Waals surface area contributed by atoms with E-state index in [1.54, 1.807) is 6.33 Å². The molecule has 122 valence electrons. The summed E-state index contributed by atoms with van der Waals surface area (Å²) in [7, 11) is 0. The molecule has 0 bridgehead atoms. The molecule has 0 N–H and O–H groups in total. The Morgan fingerprint density at radius 3 is 2.83 bits per heavy atom. The van der Waals surface area contributed by atoms with Crippen molar-refractivity contribution in [1.29, 1.82) is 0 Å². The Bertz CT molecular complexity index is 898. The highest BCUT2D eigenvalue weighted by Gasteiger charge is 2.24. The van der Waals surface area contributed by atoms with Crippen molar-refractivity contribution in [3.8, 4) is 0 Å². The van der Waals surface area contributed by atoms with Gasteiger partial charge in [0.25, 0.3) is 0 Å². The number of aromatic nitrogens is 4. The molecule has 1 aromatic carbocycles. The van der Waals surface area contributed by atoms with Crippen molar-refractivity contribution in [2.75, 3.05) is 11.4 Å². The lowest BCUT2D eigenvalue weighted by Crippen LogP contribution is -2.25. The van der Waals surface area contributed by atoms with Gasteiger partial charge in [0, 0.05) is 25.2 Å².